The minimum absolute atomic E-state index is 0.125. The van der Waals surface area contributed by atoms with E-state index in [0.29, 0.717) is 19.8 Å². The Labute approximate surface area is 45.1 Å². The van der Waals surface area contributed by atoms with Crippen LogP contribution in [0.3, 0.4) is 0 Å². The Morgan fingerprint density at radius 3 is 1.25 bits per heavy atom. The van der Waals surface area contributed by atoms with E-state index >= 15 is 0 Å². The van der Waals surface area contributed by atoms with Crippen LogP contribution in [0.4, 0.5) is 0 Å². The monoisotopic (exact) mass is 280 g/mol. The van der Waals surface area contributed by atoms with Crippen molar-refractivity contribution in [2.75, 3.05) is 0 Å². The van der Waals surface area contributed by atoms with E-state index in [4.69, 9.17) is 6.97 Å². The molecule has 4 heavy (non-hydrogen) atoms. The third kappa shape index (κ3) is 12.8. The van der Waals surface area contributed by atoms with E-state index in [-0.39, 0.29) is 18.3 Å². The zero-order valence-electron chi connectivity index (χ0n) is 1.93. The molecule has 0 unspecified atom stereocenters. The van der Waals surface area contributed by atoms with Crippen LogP contribution in [-0.4, -0.2) is 0 Å². The molecule has 0 aliphatic rings. The molecule has 20 valence electrons. The number of hydrogen-bond donors (Lipinski definition) is 0. The molecule has 0 aliphatic carbocycles. The average molecular weight is 281 g/mol. The fourth-order valence-electron chi connectivity index (χ4n) is 0. The van der Waals surface area contributed by atoms with Crippen LogP contribution >= 0.6 is 0 Å². The van der Waals surface area contributed by atoms with Gasteiger partial charge in [-0.3, -0.25) is 0 Å². The molecule has 0 saturated heterocycles. The van der Waals surface area contributed by atoms with Crippen molar-refractivity contribution in [2.24, 2.45) is 0 Å². The molecule has 4 heteroatoms. The summed E-state index contributed by atoms with van der Waals surface area (Å²) in [7, 11) is 0. The average Bonchev–Trinajstić information content (AvgIpc) is 1.50. The third-order valence-corrected chi connectivity index (χ3v) is 0. The Hall–Kier alpha value is 0.912. The predicted molar refractivity (Wildman–Crippen MR) is 1.37 cm³/mol. The van der Waals surface area contributed by atoms with Crippen LogP contribution in [-0.2, 0) is 45.0 Å². The zero-order valence-corrected chi connectivity index (χ0v) is 7.83. The van der Waals surface area contributed by atoms with Crippen molar-refractivity contribution in [3.05, 3.63) is 0 Å². The van der Waals surface area contributed by atoms with Gasteiger partial charge in [-0.2, -0.15) is 0 Å². The summed E-state index contributed by atoms with van der Waals surface area (Å²) in [6.45, 7) is 0. The van der Waals surface area contributed by atoms with E-state index < -0.39 is 0 Å². The van der Waals surface area contributed by atoms with Gasteiger partial charge in [0.05, 0.1) is 0 Å². The molecule has 0 N–H and O–H groups in total. The fourth-order valence-corrected chi connectivity index (χ4v) is 0. The van der Waals surface area contributed by atoms with E-state index in [1.54, 1.807) is 0 Å². The Bertz CT molecular complexity index is 8.00. The quantitative estimate of drug-likeness (QED) is 0.574. The maximum absolute atomic E-state index is 8.38. The second-order valence-corrected chi connectivity index (χ2v) is 0. The fraction of sp³-hybridized carbons (Fsp3) is 0. The van der Waals surface area contributed by atoms with Gasteiger partial charge in [0, 0.05) is 0 Å². The van der Waals surface area contributed by atoms with Gasteiger partial charge in [0.1, 0.15) is 0 Å². The van der Waals surface area contributed by atoms with Gasteiger partial charge < -0.3 is 0 Å². The molecule has 0 aromatic carbocycles. The van der Waals surface area contributed by atoms with Crippen molar-refractivity contribution in [1.82, 2.24) is 0 Å². The summed E-state index contributed by atoms with van der Waals surface area (Å²) >= 11 is 0.458. The molecule has 0 heterocycles. The van der Waals surface area contributed by atoms with Crippen molar-refractivity contribution in [3.8, 4) is 0 Å². The van der Waals surface area contributed by atoms with Gasteiger partial charge in [-0.1, -0.05) is 0 Å². The molecule has 0 aliphatic heterocycles. The first-order valence-electron chi connectivity index (χ1n) is 0.455. The minimum atomic E-state index is 0.125. The van der Waals surface area contributed by atoms with Gasteiger partial charge in [-0.25, -0.2) is 0 Å². The van der Waals surface area contributed by atoms with Crippen LogP contribution in [0.1, 0.15) is 0 Å². The number of rotatable bonds is 0. The first-order chi connectivity index (χ1) is 2.00. The standard InChI is InChI=1S/2O.W.Zn. The van der Waals surface area contributed by atoms with Crippen molar-refractivity contribution in [2.45, 2.75) is 0 Å². The Morgan fingerprint density at radius 2 is 1.25 bits per heavy atom. The van der Waals surface area contributed by atoms with Crippen LogP contribution in [0.5, 0.6) is 0 Å². The van der Waals surface area contributed by atoms with E-state index in [9.17, 15) is 0 Å². The van der Waals surface area contributed by atoms with Crippen molar-refractivity contribution >= 4 is 0 Å². The van der Waals surface area contributed by atoms with E-state index in [2.05, 4.69) is 0 Å². The van der Waals surface area contributed by atoms with Crippen molar-refractivity contribution < 1.29 is 45.0 Å². The van der Waals surface area contributed by atoms with E-state index in [1.807, 2.05) is 0 Å². The summed E-state index contributed by atoms with van der Waals surface area (Å²) in [6.07, 6.45) is 0. The van der Waals surface area contributed by atoms with Crippen LogP contribution in [0.15, 0.2) is 0 Å². The van der Waals surface area contributed by atoms with Gasteiger partial charge in [-0.15, -0.1) is 0 Å². The van der Waals surface area contributed by atoms with Crippen LogP contribution in [0.25, 0.3) is 0 Å². The summed E-state index contributed by atoms with van der Waals surface area (Å²) in [6, 6.07) is 0. The normalized spacial score (nSPS) is 2.50. The second-order valence-electron chi connectivity index (χ2n) is 0. The van der Waals surface area contributed by atoms with Crippen LogP contribution in [0, 0.1) is 0 Å². The molecule has 0 rings (SSSR count). The Kier molecular flexibility index (Phi) is 88.4. The summed E-state index contributed by atoms with van der Waals surface area (Å²) < 4.78 is 16.7. The third-order valence-electron chi connectivity index (χ3n) is 0. The summed E-state index contributed by atoms with van der Waals surface area (Å²) in [5.74, 6) is 0. The summed E-state index contributed by atoms with van der Waals surface area (Å²) in [4.78, 5) is 0. The molecule has 0 fully saturated rings. The molecule has 2 nitrogen and oxygen atoms in total. The van der Waals surface area contributed by atoms with Gasteiger partial charge in [0.2, 0.25) is 0 Å². The van der Waals surface area contributed by atoms with Gasteiger partial charge >= 0.3 is 45.0 Å². The van der Waals surface area contributed by atoms with Crippen LogP contribution < -0.4 is 0 Å². The molecule has 0 bridgehead atoms. The van der Waals surface area contributed by atoms with E-state index in [0.717, 1.165) is 0 Å². The molecule has 0 atom stereocenters. The number of hydrogen-bond acceptors (Lipinski definition) is 2. The molecule has 0 aromatic heterocycles. The van der Waals surface area contributed by atoms with Gasteiger partial charge in [0.15, 0.2) is 0 Å². The molecular formula is O2WZn. The van der Waals surface area contributed by atoms with Gasteiger partial charge in [0.25, 0.3) is 0 Å². The second kappa shape index (κ2) is 39.9. The molecular weight excluding hydrogens is 281 g/mol. The van der Waals surface area contributed by atoms with Crippen molar-refractivity contribution in [3.63, 3.8) is 0 Å². The topological polar surface area (TPSA) is 34.1 Å². The Morgan fingerprint density at radius 1 is 1.25 bits per heavy atom. The first-order valence-corrected chi connectivity index (χ1v) is 2.86. The molecule has 0 amide bonds. The SMILES string of the molecule is [O]=[W].[O]=[Zn]. The zero-order chi connectivity index (χ0) is 4.00. The molecule has 0 radical (unpaired) electrons. The van der Waals surface area contributed by atoms with Gasteiger partial charge in [-0.05, 0) is 0 Å². The summed E-state index contributed by atoms with van der Waals surface area (Å²) in [5, 5.41) is 0. The first kappa shape index (κ1) is 8.86. The molecule has 0 saturated carbocycles. The molecule has 0 aromatic rings. The Balaban J connectivity index is 0. The van der Waals surface area contributed by atoms with E-state index in [1.165, 1.54) is 0 Å². The predicted octanol–water partition coefficient (Wildman–Crippen LogP) is -0.243. The maximum atomic E-state index is 8.38. The molecule has 0 spiro atoms. The summed E-state index contributed by atoms with van der Waals surface area (Å²) in [5.41, 5.74) is 0. The van der Waals surface area contributed by atoms with Crippen LogP contribution in [0.2, 0.25) is 0 Å². The van der Waals surface area contributed by atoms with Crippen molar-refractivity contribution in [1.29, 1.82) is 0 Å².